The molecular weight excluding hydrogens is 210 g/mol. The van der Waals surface area contributed by atoms with Crippen LogP contribution in [0.25, 0.3) is 0 Å². The molecule has 1 rings (SSSR count). The maximum absolute atomic E-state index is 5.40. The summed E-state index contributed by atoms with van der Waals surface area (Å²) in [6.45, 7) is 8.95. The van der Waals surface area contributed by atoms with Crippen molar-refractivity contribution in [1.82, 2.24) is 5.32 Å². The molecule has 1 unspecified atom stereocenters. The lowest BCUT2D eigenvalue weighted by Crippen LogP contribution is -2.35. The van der Waals surface area contributed by atoms with Gasteiger partial charge in [0.05, 0.1) is 7.11 Å². The van der Waals surface area contributed by atoms with E-state index in [2.05, 4.69) is 45.1 Å². The Labute approximate surface area is 105 Å². The lowest BCUT2D eigenvalue weighted by molar-refractivity contribution is 0.345. The Bertz CT molecular complexity index is 335. The number of para-hydroxylation sites is 1. The zero-order valence-corrected chi connectivity index (χ0v) is 11.7. The van der Waals surface area contributed by atoms with Crippen LogP contribution in [0.15, 0.2) is 24.3 Å². The molecule has 1 N–H and O–H groups in total. The van der Waals surface area contributed by atoms with Crippen molar-refractivity contribution in [3.63, 3.8) is 0 Å². The van der Waals surface area contributed by atoms with Crippen LogP contribution in [0.2, 0.25) is 0 Å². The van der Waals surface area contributed by atoms with Crippen molar-refractivity contribution in [3.05, 3.63) is 29.8 Å². The van der Waals surface area contributed by atoms with E-state index in [1.54, 1.807) is 7.11 Å². The maximum Gasteiger partial charge on any atom is 0.123 e. The van der Waals surface area contributed by atoms with Gasteiger partial charge < -0.3 is 10.1 Å². The Kier molecular flexibility index (Phi) is 5.49. The van der Waals surface area contributed by atoms with Crippen molar-refractivity contribution in [2.75, 3.05) is 7.11 Å². The van der Waals surface area contributed by atoms with E-state index < -0.39 is 0 Å². The van der Waals surface area contributed by atoms with E-state index in [-0.39, 0.29) is 0 Å². The summed E-state index contributed by atoms with van der Waals surface area (Å²) in [5, 5.41) is 3.68. The molecule has 0 aromatic heterocycles. The first kappa shape index (κ1) is 14.0. The average molecular weight is 235 g/mol. The number of hydrogen-bond acceptors (Lipinski definition) is 2. The highest BCUT2D eigenvalue weighted by atomic mass is 16.5. The van der Waals surface area contributed by atoms with Crippen molar-refractivity contribution in [3.8, 4) is 5.75 Å². The number of methoxy groups -OCH3 is 1. The molecule has 0 aliphatic heterocycles. The largest absolute Gasteiger partial charge is 0.496 e. The molecule has 0 radical (unpaired) electrons. The normalized spacial score (nSPS) is 14.7. The van der Waals surface area contributed by atoms with Crippen LogP contribution in [0, 0.1) is 5.92 Å². The van der Waals surface area contributed by atoms with Crippen LogP contribution in [-0.4, -0.2) is 13.2 Å². The summed E-state index contributed by atoms with van der Waals surface area (Å²) >= 11 is 0. The lowest BCUT2D eigenvalue weighted by atomic mass is 9.99. The summed E-state index contributed by atoms with van der Waals surface area (Å²) in [5.41, 5.74) is 1.23. The number of rotatable bonds is 6. The molecule has 2 nitrogen and oxygen atoms in total. The Morgan fingerprint density at radius 2 is 1.82 bits per heavy atom. The van der Waals surface area contributed by atoms with Gasteiger partial charge in [0, 0.05) is 17.6 Å². The summed E-state index contributed by atoms with van der Waals surface area (Å²) in [4.78, 5) is 0. The van der Waals surface area contributed by atoms with Gasteiger partial charge in [-0.15, -0.1) is 0 Å². The Balaban J connectivity index is 2.78. The second-order valence-electron chi connectivity index (χ2n) is 4.89. The fraction of sp³-hybridized carbons (Fsp3) is 0.600. The van der Waals surface area contributed by atoms with E-state index in [0.717, 1.165) is 12.2 Å². The number of hydrogen-bond donors (Lipinski definition) is 1. The smallest absolute Gasteiger partial charge is 0.123 e. The molecule has 0 heterocycles. The van der Waals surface area contributed by atoms with Gasteiger partial charge >= 0.3 is 0 Å². The fourth-order valence-corrected chi connectivity index (χ4v) is 2.22. The minimum Gasteiger partial charge on any atom is -0.496 e. The monoisotopic (exact) mass is 235 g/mol. The summed E-state index contributed by atoms with van der Waals surface area (Å²) < 4.78 is 5.40. The van der Waals surface area contributed by atoms with Crippen molar-refractivity contribution < 1.29 is 4.74 Å². The SMILES string of the molecule is CCC(N[C@@H](C)c1ccccc1OC)C(C)C. The lowest BCUT2D eigenvalue weighted by Gasteiger charge is -2.26. The van der Waals surface area contributed by atoms with Crippen molar-refractivity contribution in [2.45, 2.75) is 46.2 Å². The van der Waals surface area contributed by atoms with Gasteiger partial charge in [0.15, 0.2) is 0 Å². The zero-order valence-electron chi connectivity index (χ0n) is 11.7. The minimum atomic E-state index is 0.318. The molecule has 0 saturated heterocycles. The molecule has 0 amide bonds. The van der Waals surface area contributed by atoms with E-state index in [1.807, 2.05) is 12.1 Å². The van der Waals surface area contributed by atoms with Gasteiger partial charge in [-0.3, -0.25) is 0 Å². The highest BCUT2D eigenvalue weighted by molar-refractivity contribution is 5.35. The predicted octanol–water partition coefficient (Wildman–Crippen LogP) is 3.78. The highest BCUT2D eigenvalue weighted by Crippen LogP contribution is 2.25. The number of benzene rings is 1. The van der Waals surface area contributed by atoms with Gasteiger partial charge in [0.2, 0.25) is 0 Å². The van der Waals surface area contributed by atoms with E-state index in [4.69, 9.17) is 4.74 Å². The molecule has 0 spiro atoms. The van der Waals surface area contributed by atoms with Gasteiger partial charge in [-0.05, 0) is 25.3 Å². The fourth-order valence-electron chi connectivity index (χ4n) is 2.22. The third kappa shape index (κ3) is 3.74. The molecule has 0 aliphatic rings. The summed E-state index contributed by atoms with van der Waals surface area (Å²) in [6, 6.07) is 9.09. The van der Waals surface area contributed by atoms with Gasteiger partial charge in [-0.25, -0.2) is 0 Å². The minimum absolute atomic E-state index is 0.318. The Morgan fingerprint density at radius 1 is 1.18 bits per heavy atom. The second-order valence-corrected chi connectivity index (χ2v) is 4.89. The third-order valence-corrected chi connectivity index (χ3v) is 3.31. The highest BCUT2D eigenvalue weighted by Gasteiger charge is 2.16. The van der Waals surface area contributed by atoms with Crippen molar-refractivity contribution in [2.24, 2.45) is 5.92 Å². The Hall–Kier alpha value is -1.02. The van der Waals surface area contributed by atoms with Crippen LogP contribution in [0.4, 0.5) is 0 Å². The molecule has 2 heteroatoms. The van der Waals surface area contributed by atoms with Crippen LogP contribution in [0.3, 0.4) is 0 Å². The van der Waals surface area contributed by atoms with Gasteiger partial charge in [0.25, 0.3) is 0 Å². The molecule has 0 bridgehead atoms. The van der Waals surface area contributed by atoms with Crippen LogP contribution in [0.1, 0.15) is 45.7 Å². The van der Waals surface area contributed by atoms with Crippen LogP contribution in [0.5, 0.6) is 5.75 Å². The van der Waals surface area contributed by atoms with E-state index in [9.17, 15) is 0 Å². The quantitative estimate of drug-likeness (QED) is 0.810. The molecule has 2 atom stereocenters. The van der Waals surface area contributed by atoms with Crippen molar-refractivity contribution >= 4 is 0 Å². The first-order valence-electron chi connectivity index (χ1n) is 6.49. The second kappa shape index (κ2) is 6.65. The maximum atomic E-state index is 5.40. The molecule has 17 heavy (non-hydrogen) atoms. The standard InChI is InChI=1S/C15H25NO/c1-6-14(11(2)3)16-12(4)13-9-7-8-10-15(13)17-5/h7-12,14,16H,6H2,1-5H3/t12-,14?/m0/s1. The van der Waals surface area contributed by atoms with E-state index in [0.29, 0.717) is 18.0 Å². The van der Waals surface area contributed by atoms with Crippen LogP contribution in [-0.2, 0) is 0 Å². The molecular formula is C15H25NO. The molecule has 1 aromatic carbocycles. The molecule has 0 fully saturated rings. The molecule has 96 valence electrons. The summed E-state index contributed by atoms with van der Waals surface area (Å²) in [7, 11) is 1.73. The topological polar surface area (TPSA) is 21.3 Å². The molecule has 1 aromatic rings. The van der Waals surface area contributed by atoms with Gasteiger partial charge in [0.1, 0.15) is 5.75 Å². The van der Waals surface area contributed by atoms with Crippen LogP contribution >= 0.6 is 0 Å². The molecule has 0 saturated carbocycles. The molecule has 0 aliphatic carbocycles. The first-order chi connectivity index (χ1) is 8.10. The van der Waals surface area contributed by atoms with E-state index >= 15 is 0 Å². The zero-order chi connectivity index (χ0) is 12.8. The van der Waals surface area contributed by atoms with Crippen molar-refractivity contribution in [1.29, 1.82) is 0 Å². The summed E-state index contributed by atoms with van der Waals surface area (Å²) in [6.07, 6.45) is 1.15. The number of nitrogens with one attached hydrogen (secondary N) is 1. The summed E-state index contributed by atoms with van der Waals surface area (Å²) in [5.74, 6) is 1.61. The predicted molar refractivity (Wildman–Crippen MR) is 73.5 cm³/mol. The van der Waals surface area contributed by atoms with Gasteiger partial charge in [-0.1, -0.05) is 39.0 Å². The third-order valence-electron chi connectivity index (χ3n) is 3.31. The first-order valence-corrected chi connectivity index (χ1v) is 6.49. The van der Waals surface area contributed by atoms with E-state index in [1.165, 1.54) is 5.56 Å². The van der Waals surface area contributed by atoms with Crippen LogP contribution < -0.4 is 10.1 Å². The Morgan fingerprint density at radius 3 is 2.35 bits per heavy atom. The number of ether oxygens (including phenoxy) is 1. The van der Waals surface area contributed by atoms with Gasteiger partial charge in [-0.2, -0.15) is 0 Å². The average Bonchev–Trinajstić information content (AvgIpc) is 2.35.